The van der Waals surface area contributed by atoms with Crippen molar-refractivity contribution in [1.82, 2.24) is 14.4 Å². The average Bonchev–Trinajstić information content (AvgIpc) is 3.24. The zero-order valence-electron chi connectivity index (χ0n) is 16.0. The third-order valence-electron chi connectivity index (χ3n) is 5.46. The van der Waals surface area contributed by atoms with E-state index in [0.29, 0.717) is 5.02 Å². The smallest absolute Gasteiger partial charge is 0.146 e. The zero-order valence-corrected chi connectivity index (χ0v) is 16.7. The van der Waals surface area contributed by atoms with Crippen molar-refractivity contribution >= 4 is 38.9 Å². The fourth-order valence-corrected chi connectivity index (χ4v) is 4.24. The number of fused-ring (bicyclic) bond motifs is 5. The number of benzene rings is 3. The van der Waals surface area contributed by atoms with Gasteiger partial charge >= 0.3 is 0 Å². The van der Waals surface area contributed by atoms with Crippen LogP contribution in [0, 0.1) is 0 Å². The molecule has 30 heavy (non-hydrogen) atoms. The number of rotatable bonds is 2. The average molecular weight is 406 g/mol. The van der Waals surface area contributed by atoms with E-state index < -0.39 is 0 Å². The van der Waals surface area contributed by atoms with Crippen molar-refractivity contribution in [1.29, 1.82) is 0 Å². The van der Waals surface area contributed by atoms with Crippen LogP contribution in [0.1, 0.15) is 0 Å². The standard InChI is InChI=1S/C26H16ClN3/c27-19-11-12-22-21(15-19)24-20(25(28-22)18-9-5-2-6-10-18)13-14-30-16-23(29-26(24)30)17-7-3-1-4-8-17/h1-16H. The Morgan fingerprint density at radius 3 is 2.20 bits per heavy atom. The monoisotopic (exact) mass is 405 g/mol. The summed E-state index contributed by atoms with van der Waals surface area (Å²) in [6.07, 6.45) is 4.13. The third-order valence-corrected chi connectivity index (χ3v) is 5.69. The lowest BCUT2D eigenvalue weighted by Crippen LogP contribution is -1.93. The van der Waals surface area contributed by atoms with Crippen LogP contribution in [0.4, 0.5) is 0 Å². The molecule has 0 aliphatic heterocycles. The van der Waals surface area contributed by atoms with E-state index in [1.807, 2.05) is 54.6 Å². The van der Waals surface area contributed by atoms with Gasteiger partial charge in [0.2, 0.25) is 0 Å². The highest BCUT2D eigenvalue weighted by Crippen LogP contribution is 2.36. The molecule has 0 atom stereocenters. The molecule has 0 fully saturated rings. The number of hydrogen-bond donors (Lipinski definition) is 0. The van der Waals surface area contributed by atoms with Gasteiger partial charge in [0.25, 0.3) is 0 Å². The van der Waals surface area contributed by atoms with Crippen LogP contribution in [-0.4, -0.2) is 14.4 Å². The quantitative estimate of drug-likeness (QED) is 0.289. The lowest BCUT2D eigenvalue weighted by Gasteiger charge is -2.11. The molecular weight excluding hydrogens is 390 g/mol. The Hall–Kier alpha value is -3.69. The Labute approximate surface area is 178 Å². The maximum absolute atomic E-state index is 6.37. The Bertz CT molecular complexity index is 1540. The first-order valence-electron chi connectivity index (χ1n) is 9.79. The number of hydrogen-bond acceptors (Lipinski definition) is 2. The molecule has 6 rings (SSSR count). The highest BCUT2D eigenvalue weighted by Gasteiger charge is 2.16. The normalized spacial score (nSPS) is 11.5. The van der Waals surface area contributed by atoms with Gasteiger partial charge in [0, 0.05) is 44.7 Å². The van der Waals surface area contributed by atoms with Crippen LogP contribution in [0.3, 0.4) is 0 Å². The Balaban J connectivity index is 1.77. The molecule has 0 saturated heterocycles. The lowest BCUT2D eigenvalue weighted by atomic mass is 10.0. The highest BCUT2D eigenvalue weighted by molar-refractivity contribution is 6.32. The molecular formula is C26H16ClN3. The Morgan fingerprint density at radius 1 is 0.700 bits per heavy atom. The summed E-state index contributed by atoms with van der Waals surface area (Å²) >= 11 is 6.37. The summed E-state index contributed by atoms with van der Waals surface area (Å²) in [5.41, 5.74) is 5.87. The minimum absolute atomic E-state index is 0.690. The molecule has 3 aromatic carbocycles. The molecule has 4 heteroatoms. The van der Waals surface area contributed by atoms with E-state index in [-0.39, 0.29) is 0 Å². The summed E-state index contributed by atoms with van der Waals surface area (Å²) in [7, 11) is 0. The molecule has 3 nitrogen and oxygen atoms in total. The van der Waals surface area contributed by atoms with E-state index in [2.05, 4.69) is 47.1 Å². The predicted molar refractivity (Wildman–Crippen MR) is 124 cm³/mol. The van der Waals surface area contributed by atoms with Gasteiger partial charge in [-0.3, -0.25) is 0 Å². The van der Waals surface area contributed by atoms with Gasteiger partial charge in [-0.25, -0.2) is 9.97 Å². The van der Waals surface area contributed by atoms with Crippen LogP contribution < -0.4 is 0 Å². The van der Waals surface area contributed by atoms with E-state index >= 15 is 0 Å². The SMILES string of the molecule is Clc1ccc2nc(-c3ccccc3)c3ccn4cc(-c5ccccc5)nc4c3c2c1. The second-order valence-corrected chi connectivity index (χ2v) is 7.75. The van der Waals surface area contributed by atoms with Crippen molar-refractivity contribution in [3.05, 3.63) is 102 Å². The second-order valence-electron chi connectivity index (χ2n) is 7.32. The summed E-state index contributed by atoms with van der Waals surface area (Å²) < 4.78 is 2.08. The molecule has 0 saturated carbocycles. The molecule has 6 aromatic rings. The molecule has 0 aliphatic carbocycles. The van der Waals surface area contributed by atoms with Crippen LogP contribution >= 0.6 is 11.6 Å². The third kappa shape index (κ3) is 2.67. The summed E-state index contributed by atoms with van der Waals surface area (Å²) in [6.45, 7) is 0. The van der Waals surface area contributed by atoms with Crippen molar-refractivity contribution in [3.63, 3.8) is 0 Å². The Kier molecular flexibility index (Phi) is 3.83. The number of nitrogens with zero attached hydrogens (tertiary/aromatic N) is 3. The largest absolute Gasteiger partial charge is 0.306 e. The van der Waals surface area contributed by atoms with Gasteiger partial charge in [0.15, 0.2) is 0 Å². The molecule has 0 bridgehead atoms. The molecule has 0 radical (unpaired) electrons. The van der Waals surface area contributed by atoms with Gasteiger partial charge in [-0.1, -0.05) is 72.3 Å². The maximum atomic E-state index is 6.37. The first kappa shape index (κ1) is 17.2. The Morgan fingerprint density at radius 2 is 1.43 bits per heavy atom. The van der Waals surface area contributed by atoms with Crippen LogP contribution in [0.25, 0.3) is 49.8 Å². The van der Waals surface area contributed by atoms with Crippen molar-refractivity contribution in [2.75, 3.05) is 0 Å². The molecule has 142 valence electrons. The van der Waals surface area contributed by atoms with E-state index in [1.54, 1.807) is 0 Å². The number of imidazole rings is 1. The molecule has 0 amide bonds. The van der Waals surface area contributed by atoms with Gasteiger partial charge in [-0.2, -0.15) is 0 Å². The van der Waals surface area contributed by atoms with E-state index in [0.717, 1.165) is 49.8 Å². The van der Waals surface area contributed by atoms with Crippen LogP contribution in [-0.2, 0) is 0 Å². The van der Waals surface area contributed by atoms with Crippen LogP contribution in [0.5, 0.6) is 0 Å². The molecule has 0 unspecified atom stereocenters. The van der Waals surface area contributed by atoms with Gasteiger partial charge in [-0.05, 0) is 24.3 Å². The van der Waals surface area contributed by atoms with Crippen LogP contribution in [0.15, 0.2) is 97.3 Å². The van der Waals surface area contributed by atoms with E-state index in [1.165, 1.54) is 0 Å². The number of aromatic nitrogens is 3. The molecule has 3 heterocycles. The van der Waals surface area contributed by atoms with Gasteiger partial charge in [0.05, 0.1) is 16.9 Å². The fourth-order valence-electron chi connectivity index (χ4n) is 4.06. The molecule has 0 spiro atoms. The van der Waals surface area contributed by atoms with E-state index in [4.69, 9.17) is 21.6 Å². The van der Waals surface area contributed by atoms with Crippen molar-refractivity contribution in [2.45, 2.75) is 0 Å². The first-order valence-corrected chi connectivity index (χ1v) is 10.2. The predicted octanol–water partition coefficient (Wildman–Crippen LogP) is 7.02. The first-order chi connectivity index (χ1) is 14.8. The highest BCUT2D eigenvalue weighted by atomic mass is 35.5. The topological polar surface area (TPSA) is 30.2 Å². The molecule has 0 N–H and O–H groups in total. The molecule has 3 aromatic heterocycles. The summed E-state index contributed by atoms with van der Waals surface area (Å²) in [5, 5.41) is 3.82. The second kappa shape index (κ2) is 6.68. The minimum atomic E-state index is 0.690. The van der Waals surface area contributed by atoms with Gasteiger partial charge in [-0.15, -0.1) is 0 Å². The maximum Gasteiger partial charge on any atom is 0.146 e. The summed E-state index contributed by atoms with van der Waals surface area (Å²) in [6, 6.07) is 28.5. The lowest BCUT2D eigenvalue weighted by molar-refractivity contribution is 1.20. The summed E-state index contributed by atoms with van der Waals surface area (Å²) in [5.74, 6) is 0. The van der Waals surface area contributed by atoms with Crippen molar-refractivity contribution in [3.8, 4) is 22.5 Å². The zero-order chi connectivity index (χ0) is 20.1. The van der Waals surface area contributed by atoms with Gasteiger partial charge in [0.1, 0.15) is 5.65 Å². The van der Waals surface area contributed by atoms with Crippen molar-refractivity contribution in [2.24, 2.45) is 0 Å². The minimum Gasteiger partial charge on any atom is -0.306 e. The number of pyridine rings is 2. The number of halogens is 1. The molecule has 0 aliphatic rings. The van der Waals surface area contributed by atoms with Gasteiger partial charge < -0.3 is 4.40 Å². The summed E-state index contributed by atoms with van der Waals surface area (Å²) in [4.78, 5) is 10.0. The van der Waals surface area contributed by atoms with Crippen molar-refractivity contribution < 1.29 is 0 Å². The van der Waals surface area contributed by atoms with E-state index in [9.17, 15) is 0 Å². The van der Waals surface area contributed by atoms with Crippen LogP contribution in [0.2, 0.25) is 5.02 Å². The fraction of sp³-hybridized carbons (Fsp3) is 0.